The fourth-order valence-electron chi connectivity index (χ4n) is 2.49. The summed E-state index contributed by atoms with van der Waals surface area (Å²) >= 11 is 1.40. The van der Waals surface area contributed by atoms with Gasteiger partial charge >= 0.3 is 6.03 Å². The highest BCUT2D eigenvalue weighted by Gasteiger charge is 2.13. The number of nitrogens with one attached hydrogen (secondary N) is 2. The van der Waals surface area contributed by atoms with Gasteiger partial charge in [0.2, 0.25) is 0 Å². The van der Waals surface area contributed by atoms with Gasteiger partial charge in [0, 0.05) is 37.8 Å². The number of aromatic nitrogens is 1. The average molecular weight is 332 g/mol. The second-order valence-electron chi connectivity index (χ2n) is 5.30. The Morgan fingerprint density at radius 1 is 1.26 bits per heavy atom. The second-order valence-corrected chi connectivity index (χ2v) is 6.20. The van der Waals surface area contributed by atoms with Crippen LogP contribution in [0.1, 0.15) is 11.1 Å². The Morgan fingerprint density at radius 3 is 2.78 bits per heavy atom. The number of nitrogens with zero attached hydrogens (tertiary/aromatic N) is 2. The molecule has 1 aliphatic rings. The number of hydrogen-bond acceptors (Lipinski definition) is 5. The number of carbonyl (C=O) groups is 1. The summed E-state index contributed by atoms with van der Waals surface area (Å²) in [5.41, 5.74) is 2.37. The van der Waals surface area contributed by atoms with E-state index in [1.807, 2.05) is 17.5 Å². The van der Waals surface area contributed by atoms with E-state index in [1.54, 1.807) is 6.20 Å². The molecule has 2 amide bonds. The molecule has 1 fully saturated rings. The molecule has 0 atom stereocenters. The number of urea groups is 1. The Kier molecular flexibility index (Phi) is 5.57. The van der Waals surface area contributed by atoms with E-state index >= 15 is 0 Å². The Labute approximate surface area is 139 Å². The van der Waals surface area contributed by atoms with Gasteiger partial charge in [0.05, 0.1) is 13.2 Å². The van der Waals surface area contributed by atoms with Crippen molar-refractivity contribution in [2.45, 2.75) is 13.1 Å². The molecule has 3 rings (SSSR count). The number of rotatable bonds is 5. The number of carbonyl (C=O) groups excluding carboxylic acids is 1. The summed E-state index contributed by atoms with van der Waals surface area (Å²) in [4.78, 5) is 18.3. The maximum Gasteiger partial charge on any atom is 0.321 e. The molecule has 0 aliphatic carbocycles. The molecule has 1 saturated heterocycles. The summed E-state index contributed by atoms with van der Waals surface area (Å²) in [6.07, 6.45) is 1.66. The third kappa shape index (κ3) is 4.75. The van der Waals surface area contributed by atoms with Gasteiger partial charge in [-0.2, -0.15) is 0 Å². The zero-order valence-corrected chi connectivity index (χ0v) is 13.6. The van der Waals surface area contributed by atoms with Gasteiger partial charge in [0.25, 0.3) is 0 Å². The first-order valence-electron chi connectivity index (χ1n) is 7.62. The van der Waals surface area contributed by atoms with Crippen molar-refractivity contribution in [3.8, 4) is 0 Å². The number of benzene rings is 1. The number of anilines is 1. The van der Waals surface area contributed by atoms with E-state index in [-0.39, 0.29) is 6.03 Å². The summed E-state index contributed by atoms with van der Waals surface area (Å²) in [6.45, 7) is 4.86. The van der Waals surface area contributed by atoms with Crippen LogP contribution in [0, 0.1) is 0 Å². The van der Waals surface area contributed by atoms with E-state index in [0.29, 0.717) is 11.7 Å². The summed E-state index contributed by atoms with van der Waals surface area (Å²) in [5, 5.41) is 8.04. The van der Waals surface area contributed by atoms with Crippen LogP contribution in [0.4, 0.5) is 9.93 Å². The average Bonchev–Trinajstić information content (AvgIpc) is 3.08. The van der Waals surface area contributed by atoms with E-state index in [9.17, 15) is 4.79 Å². The van der Waals surface area contributed by atoms with Crippen LogP contribution in [-0.2, 0) is 17.8 Å². The Morgan fingerprint density at radius 2 is 2.04 bits per heavy atom. The molecule has 2 aromatic rings. The molecule has 0 spiro atoms. The van der Waals surface area contributed by atoms with Gasteiger partial charge in [-0.05, 0) is 11.1 Å². The van der Waals surface area contributed by atoms with Crippen LogP contribution >= 0.6 is 11.3 Å². The third-order valence-corrected chi connectivity index (χ3v) is 4.40. The minimum Gasteiger partial charge on any atom is -0.379 e. The Bertz CT molecular complexity index is 627. The number of hydrogen-bond donors (Lipinski definition) is 2. The molecule has 23 heavy (non-hydrogen) atoms. The second kappa shape index (κ2) is 8.05. The van der Waals surface area contributed by atoms with Crippen molar-refractivity contribution < 1.29 is 9.53 Å². The first-order chi connectivity index (χ1) is 11.3. The number of thiazole rings is 1. The van der Waals surface area contributed by atoms with Crippen molar-refractivity contribution in [2.24, 2.45) is 0 Å². The molecule has 2 N–H and O–H groups in total. The molecule has 0 saturated carbocycles. The zero-order valence-electron chi connectivity index (χ0n) is 12.8. The van der Waals surface area contributed by atoms with Crippen molar-refractivity contribution in [3.63, 3.8) is 0 Å². The predicted molar refractivity (Wildman–Crippen MR) is 90.5 cm³/mol. The normalized spacial score (nSPS) is 15.3. The molecule has 0 unspecified atom stereocenters. The van der Waals surface area contributed by atoms with Crippen LogP contribution in [0.25, 0.3) is 0 Å². The summed E-state index contributed by atoms with van der Waals surface area (Å²) in [6, 6.07) is 7.97. The monoisotopic (exact) mass is 332 g/mol. The SMILES string of the molecule is O=C(NCc1ccccc1CN1CCOCC1)Nc1nccs1. The van der Waals surface area contributed by atoms with Crippen molar-refractivity contribution in [2.75, 3.05) is 31.6 Å². The third-order valence-electron chi connectivity index (χ3n) is 3.71. The minimum absolute atomic E-state index is 0.235. The lowest BCUT2D eigenvalue weighted by molar-refractivity contribution is 0.0341. The fraction of sp³-hybridized carbons (Fsp3) is 0.375. The highest BCUT2D eigenvalue weighted by atomic mass is 32.1. The number of ether oxygens (including phenoxy) is 1. The lowest BCUT2D eigenvalue weighted by Gasteiger charge is -2.27. The molecule has 1 aromatic heterocycles. The molecular weight excluding hydrogens is 312 g/mol. The number of morpholine rings is 1. The van der Waals surface area contributed by atoms with Crippen LogP contribution in [-0.4, -0.2) is 42.2 Å². The van der Waals surface area contributed by atoms with Gasteiger partial charge in [-0.1, -0.05) is 24.3 Å². The summed E-state index contributed by atoms with van der Waals surface area (Å²) in [5.74, 6) is 0. The van der Waals surface area contributed by atoms with Gasteiger partial charge in [0.15, 0.2) is 5.13 Å². The molecule has 6 nitrogen and oxygen atoms in total. The van der Waals surface area contributed by atoms with Crippen LogP contribution in [0.5, 0.6) is 0 Å². The molecule has 0 bridgehead atoms. The molecule has 122 valence electrons. The van der Waals surface area contributed by atoms with Crippen LogP contribution in [0.2, 0.25) is 0 Å². The van der Waals surface area contributed by atoms with Crippen LogP contribution in [0.15, 0.2) is 35.8 Å². The highest BCUT2D eigenvalue weighted by molar-refractivity contribution is 7.13. The van der Waals surface area contributed by atoms with Crippen molar-refractivity contribution in [1.29, 1.82) is 0 Å². The van der Waals surface area contributed by atoms with Crippen LogP contribution < -0.4 is 10.6 Å². The van der Waals surface area contributed by atoms with Gasteiger partial charge < -0.3 is 10.1 Å². The van der Waals surface area contributed by atoms with Gasteiger partial charge in [-0.15, -0.1) is 11.3 Å². The Hall–Kier alpha value is -1.96. The van der Waals surface area contributed by atoms with Crippen LogP contribution in [0.3, 0.4) is 0 Å². The van der Waals surface area contributed by atoms with Crippen molar-refractivity contribution >= 4 is 22.5 Å². The van der Waals surface area contributed by atoms with Crippen molar-refractivity contribution in [3.05, 3.63) is 47.0 Å². The van der Waals surface area contributed by atoms with Gasteiger partial charge in [0.1, 0.15) is 0 Å². The molecule has 0 radical (unpaired) electrons. The van der Waals surface area contributed by atoms with Gasteiger partial charge in [-0.3, -0.25) is 10.2 Å². The predicted octanol–water partition coefficient (Wildman–Crippen LogP) is 2.30. The smallest absolute Gasteiger partial charge is 0.321 e. The molecular formula is C16H20N4O2S. The van der Waals surface area contributed by atoms with Crippen molar-refractivity contribution in [1.82, 2.24) is 15.2 Å². The van der Waals surface area contributed by atoms with E-state index < -0.39 is 0 Å². The maximum atomic E-state index is 11.9. The quantitative estimate of drug-likeness (QED) is 0.882. The van der Waals surface area contributed by atoms with E-state index in [2.05, 4.69) is 32.7 Å². The summed E-state index contributed by atoms with van der Waals surface area (Å²) in [7, 11) is 0. The van der Waals surface area contributed by atoms with E-state index in [0.717, 1.165) is 38.4 Å². The van der Waals surface area contributed by atoms with E-state index in [4.69, 9.17) is 4.74 Å². The lowest BCUT2D eigenvalue weighted by atomic mass is 10.1. The standard InChI is InChI=1S/C16H20N4O2S/c21-15(19-16-17-5-10-23-16)18-11-13-3-1-2-4-14(13)12-20-6-8-22-9-7-20/h1-5,10H,6-9,11-12H2,(H2,17,18,19,21). The van der Waals surface area contributed by atoms with Gasteiger partial charge in [-0.25, -0.2) is 9.78 Å². The van der Waals surface area contributed by atoms with E-state index in [1.165, 1.54) is 16.9 Å². The molecule has 1 aliphatic heterocycles. The molecule has 7 heteroatoms. The fourth-order valence-corrected chi connectivity index (χ4v) is 3.01. The largest absolute Gasteiger partial charge is 0.379 e. The first-order valence-corrected chi connectivity index (χ1v) is 8.50. The topological polar surface area (TPSA) is 66.5 Å². The lowest BCUT2D eigenvalue weighted by Crippen LogP contribution is -2.36. The highest BCUT2D eigenvalue weighted by Crippen LogP contribution is 2.13. The number of amides is 2. The Balaban J connectivity index is 1.55. The molecule has 1 aromatic carbocycles. The first kappa shape index (κ1) is 15.9. The maximum absolute atomic E-state index is 11.9. The molecule has 2 heterocycles. The summed E-state index contributed by atoms with van der Waals surface area (Å²) < 4.78 is 5.38. The zero-order chi connectivity index (χ0) is 15.9. The minimum atomic E-state index is -0.235.